The quantitative estimate of drug-likeness (QED) is 0.864. The summed E-state index contributed by atoms with van der Waals surface area (Å²) in [4.78, 5) is 25.1. The fourth-order valence-electron chi connectivity index (χ4n) is 4.07. The van der Waals surface area contributed by atoms with Crippen LogP contribution in [-0.4, -0.2) is 44.7 Å². The molecule has 1 aliphatic carbocycles. The maximum Gasteiger partial charge on any atom is 0.254 e. The van der Waals surface area contributed by atoms with Crippen molar-refractivity contribution in [2.45, 2.75) is 38.1 Å². The Morgan fingerprint density at radius 3 is 2.54 bits per heavy atom. The third-order valence-electron chi connectivity index (χ3n) is 5.92. The Bertz CT molecular complexity index is 727. The highest BCUT2D eigenvalue weighted by Crippen LogP contribution is 2.44. The average Bonchev–Trinajstić information content (AvgIpc) is 3.19. The molecule has 0 radical (unpaired) electrons. The van der Waals surface area contributed by atoms with Crippen molar-refractivity contribution in [2.24, 2.45) is 11.8 Å². The molecule has 6 nitrogen and oxygen atoms in total. The van der Waals surface area contributed by atoms with E-state index in [9.17, 15) is 9.59 Å². The van der Waals surface area contributed by atoms with E-state index in [1.165, 1.54) is 0 Å². The van der Waals surface area contributed by atoms with Gasteiger partial charge in [-0.1, -0.05) is 6.92 Å². The minimum Gasteiger partial charge on any atom is -0.492 e. The van der Waals surface area contributed by atoms with E-state index in [0.717, 1.165) is 38.0 Å². The van der Waals surface area contributed by atoms with Crippen molar-refractivity contribution in [3.05, 3.63) is 28.8 Å². The number of carbonyl (C=O) groups excluding carboxylic acids is 2. The highest BCUT2D eigenvalue weighted by atomic mass is 16.5. The molecule has 4 rings (SSSR count). The first-order valence-corrected chi connectivity index (χ1v) is 9.50. The van der Waals surface area contributed by atoms with Gasteiger partial charge in [-0.25, -0.2) is 0 Å². The Balaban J connectivity index is 1.67. The largest absolute Gasteiger partial charge is 0.492 e. The third-order valence-corrected chi connectivity index (χ3v) is 5.92. The molecule has 2 heterocycles. The maximum atomic E-state index is 12.7. The van der Waals surface area contributed by atoms with Crippen molar-refractivity contribution in [1.29, 1.82) is 0 Å². The number of amides is 2. The van der Waals surface area contributed by atoms with Crippen LogP contribution in [0.25, 0.3) is 0 Å². The monoisotopic (exact) mass is 358 g/mol. The highest BCUT2D eigenvalue weighted by Gasteiger charge is 2.37. The Labute approximate surface area is 153 Å². The molecule has 2 amide bonds. The normalized spacial score (nSPS) is 27.4. The molecule has 0 spiro atoms. The van der Waals surface area contributed by atoms with Crippen LogP contribution in [0.4, 0.5) is 0 Å². The Hall–Kier alpha value is -2.08. The van der Waals surface area contributed by atoms with Crippen LogP contribution in [0.2, 0.25) is 0 Å². The van der Waals surface area contributed by atoms with Gasteiger partial charge in [-0.15, -0.1) is 0 Å². The van der Waals surface area contributed by atoms with E-state index in [2.05, 4.69) is 17.6 Å². The van der Waals surface area contributed by atoms with Gasteiger partial charge < -0.3 is 20.1 Å². The van der Waals surface area contributed by atoms with Gasteiger partial charge in [0.05, 0.1) is 12.2 Å². The van der Waals surface area contributed by atoms with Crippen LogP contribution >= 0.6 is 0 Å². The number of ether oxygens (including phenoxy) is 2. The number of benzene rings is 1. The molecule has 1 saturated carbocycles. The Kier molecular flexibility index (Phi) is 4.61. The molecular formula is C20H26N2O4. The summed E-state index contributed by atoms with van der Waals surface area (Å²) in [7, 11) is 1.60. The summed E-state index contributed by atoms with van der Waals surface area (Å²) in [5.74, 6) is 1.52. The van der Waals surface area contributed by atoms with E-state index in [1.54, 1.807) is 13.1 Å². The number of rotatable bonds is 4. The molecule has 1 aromatic carbocycles. The first-order chi connectivity index (χ1) is 12.6. The number of fused-ring (bicyclic) bond motifs is 1. The molecule has 140 valence electrons. The van der Waals surface area contributed by atoms with Crippen LogP contribution in [0.15, 0.2) is 12.1 Å². The van der Waals surface area contributed by atoms with Crippen LogP contribution < -0.4 is 15.4 Å². The van der Waals surface area contributed by atoms with Crippen LogP contribution in [0.5, 0.6) is 5.75 Å². The molecule has 26 heavy (non-hydrogen) atoms. The smallest absolute Gasteiger partial charge is 0.254 e. The summed E-state index contributed by atoms with van der Waals surface area (Å²) in [6.07, 6.45) is 2.99. The highest BCUT2D eigenvalue weighted by molar-refractivity contribution is 6.02. The van der Waals surface area contributed by atoms with Gasteiger partial charge in [0.15, 0.2) is 0 Å². The Morgan fingerprint density at radius 2 is 1.88 bits per heavy atom. The fraction of sp³-hybridized carbons (Fsp3) is 0.600. The minimum absolute atomic E-state index is 0.107. The van der Waals surface area contributed by atoms with Gasteiger partial charge in [-0.3, -0.25) is 9.59 Å². The molecule has 2 fully saturated rings. The second-order valence-corrected chi connectivity index (χ2v) is 7.68. The number of carbonyl (C=O) groups is 2. The number of hydrogen-bond donors (Lipinski definition) is 2. The zero-order valence-electron chi connectivity index (χ0n) is 15.3. The molecule has 1 saturated heterocycles. The van der Waals surface area contributed by atoms with Crippen LogP contribution in [-0.2, 0) is 4.74 Å². The van der Waals surface area contributed by atoms with Crippen LogP contribution in [0, 0.1) is 11.8 Å². The van der Waals surface area contributed by atoms with E-state index in [-0.39, 0.29) is 23.8 Å². The summed E-state index contributed by atoms with van der Waals surface area (Å²) in [5, 5.41) is 5.72. The zero-order valence-corrected chi connectivity index (χ0v) is 15.3. The van der Waals surface area contributed by atoms with Crippen LogP contribution in [0.3, 0.4) is 0 Å². The van der Waals surface area contributed by atoms with E-state index in [4.69, 9.17) is 9.47 Å². The van der Waals surface area contributed by atoms with Crippen molar-refractivity contribution in [1.82, 2.24) is 10.6 Å². The van der Waals surface area contributed by atoms with E-state index < -0.39 is 0 Å². The van der Waals surface area contributed by atoms with Crippen molar-refractivity contribution in [2.75, 3.05) is 26.9 Å². The van der Waals surface area contributed by atoms with E-state index in [1.807, 2.05) is 6.07 Å². The lowest BCUT2D eigenvalue weighted by Crippen LogP contribution is -2.28. The molecule has 6 heteroatoms. The molecule has 3 atom stereocenters. The van der Waals surface area contributed by atoms with Crippen molar-refractivity contribution in [3.63, 3.8) is 0 Å². The van der Waals surface area contributed by atoms with Gasteiger partial charge in [0.25, 0.3) is 11.8 Å². The lowest BCUT2D eigenvalue weighted by molar-refractivity contribution is 0.0551. The lowest BCUT2D eigenvalue weighted by Gasteiger charge is -2.27. The fourth-order valence-corrected chi connectivity index (χ4v) is 4.07. The second kappa shape index (κ2) is 6.91. The van der Waals surface area contributed by atoms with E-state index >= 15 is 0 Å². The van der Waals surface area contributed by atoms with Gasteiger partial charge in [-0.05, 0) is 43.2 Å². The SMILES string of the molecule is CNC(=O)c1cc(C(=O)N[C@H]2C[C@@H]2C)cc2c1OCC2C1CCOCC1. The van der Waals surface area contributed by atoms with E-state index in [0.29, 0.717) is 35.3 Å². The molecule has 1 unspecified atom stereocenters. The third kappa shape index (κ3) is 3.18. The second-order valence-electron chi connectivity index (χ2n) is 7.68. The first kappa shape index (κ1) is 17.3. The summed E-state index contributed by atoms with van der Waals surface area (Å²) >= 11 is 0. The number of hydrogen-bond acceptors (Lipinski definition) is 4. The Morgan fingerprint density at radius 1 is 1.15 bits per heavy atom. The number of nitrogens with one attached hydrogen (secondary N) is 2. The topological polar surface area (TPSA) is 76.7 Å². The maximum absolute atomic E-state index is 12.7. The lowest BCUT2D eigenvalue weighted by atomic mass is 9.81. The van der Waals surface area contributed by atoms with Crippen molar-refractivity contribution < 1.29 is 19.1 Å². The predicted octanol–water partition coefficient (Wildman–Crippen LogP) is 2.09. The van der Waals surface area contributed by atoms with Gasteiger partial charge in [0, 0.05) is 43.3 Å². The molecule has 3 aliphatic rings. The predicted molar refractivity (Wildman–Crippen MR) is 96.6 cm³/mol. The summed E-state index contributed by atoms with van der Waals surface area (Å²) < 4.78 is 11.4. The molecule has 2 aliphatic heterocycles. The van der Waals surface area contributed by atoms with Crippen LogP contribution in [0.1, 0.15) is 58.4 Å². The van der Waals surface area contributed by atoms with Gasteiger partial charge in [-0.2, -0.15) is 0 Å². The van der Waals surface area contributed by atoms with Crippen molar-refractivity contribution >= 4 is 11.8 Å². The van der Waals surface area contributed by atoms with Crippen molar-refractivity contribution in [3.8, 4) is 5.75 Å². The molecule has 1 aromatic rings. The summed E-state index contributed by atoms with van der Waals surface area (Å²) in [6, 6.07) is 3.84. The summed E-state index contributed by atoms with van der Waals surface area (Å²) in [5.41, 5.74) is 1.99. The standard InChI is InChI=1S/C20H26N2O4/c1-11-7-17(11)22-19(23)13-8-14-16(12-3-5-25-6-4-12)10-26-18(14)15(9-13)20(24)21-2/h8-9,11-12,16-17H,3-7,10H2,1-2H3,(H,21,24)(H,22,23)/t11-,16?,17-/m0/s1. The molecule has 2 N–H and O–H groups in total. The van der Waals surface area contributed by atoms with Gasteiger partial charge in [0.2, 0.25) is 0 Å². The minimum atomic E-state index is -0.219. The van der Waals surface area contributed by atoms with Gasteiger partial charge >= 0.3 is 0 Å². The first-order valence-electron chi connectivity index (χ1n) is 9.50. The molecular weight excluding hydrogens is 332 g/mol. The zero-order chi connectivity index (χ0) is 18.3. The van der Waals surface area contributed by atoms with Gasteiger partial charge in [0.1, 0.15) is 5.75 Å². The summed E-state index contributed by atoms with van der Waals surface area (Å²) in [6.45, 7) is 4.21. The molecule has 0 bridgehead atoms. The average molecular weight is 358 g/mol. The molecule has 0 aromatic heterocycles.